The van der Waals surface area contributed by atoms with Crippen LogP contribution in [0.15, 0.2) is 48.5 Å². The fraction of sp³-hybridized carbons (Fsp3) is 0.143. The first kappa shape index (κ1) is 14.3. The molecule has 0 spiro atoms. The van der Waals surface area contributed by atoms with E-state index in [1.54, 1.807) is 18.2 Å². The van der Waals surface area contributed by atoms with Gasteiger partial charge in [-0.3, -0.25) is 4.57 Å². The Balaban J connectivity index is 2.48. The summed E-state index contributed by atoms with van der Waals surface area (Å²) in [7, 11) is -2.37. The summed E-state index contributed by atoms with van der Waals surface area (Å²) in [4.78, 5) is 9.62. The third kappa shape index (κ3) is 3.68. The topological polar surface area (TPSA) is 46.5 Å². The second-order valence-electron chi connectivity index (χ2n) is 4.15. The number of hydrogen-bond donors (Lipinski definition) is 1. The van der Waals surface area contributed by atoms with Crippen molar-refractivity contribution < 1.29 is 14.0 Å². The van der Waals surface area contributed by atoms with E-state index >= 15 is 0 Å². The maximum absolute atomic E-state index is 11.7. The summed E-state index contributed by atoms with van der Waals surface area (Å²) in [6.07, 6.45) is -0.0368. The number of halogens is 1. The highest BCUT2D eigenvalue weighted by atomic mass is 35.5. The molecule has 2 rings (SSSR count). The minimum atomic E-state index is -3.60. The zero-order chi connectivity index (χ0) is 13.9. The van der Waals surface area contributed by atoms with Crippen LogP contribution in [0.4, 0.5) is 0 Å². The second kappa shape index (κ2) is 5.89. The molecule has 0 aliphatic carbocycles. The molecule has 0 aliphatic rings. The van der Waals surface area contributed by atoms with Gasteiger partial charge in [0.15, 0.2) is 0 Å². The predicted octanol–water partition coefficient (Wildman–Crippen LogP) is 4.34. The van der Waals surface area contributed by atoms with Crippen LogP contribution in [0.5, 0.6) is 0 Å². The molecule has 5 heteroatoms. The molecule has 0 saturated carbocycles. The zero-order valence-corrected chi connectivity index (χ0v) is 12.1. The lowest BCUT2D eigenvalue weighted by molar-refractivity contribution is 0.314. The van der Waals surface area contributed by atoms with Gasteiger partial charge in [0, 0.05) is 12.1 Å². The van der Waals surface area contributed by atoms with E-state index in [-0.39, 0.29) is 6.16 Å². The Morgan fingerprint density at radius 2 is 1.89 bits per heavy atom. The lowest BCUT2D eigenvalue weighted by atomic mass is 10.0. The lowest BCUT2D eigenvalue weighted by Gasteiger charge is -2.13. The number of benzene rings is 2. The molecule has 2 aromatic carbocycles. The molecule has 1 N–H and O–H groups in total. The van der Waals surface area contributed by atoms with Crippen molar-refractivity contribution in [3.63, 3.8) is 0 Å². The molecule has 0 aliphatic heterocycles. The Labute approximate surface area is 117 Å². The molecular weight excluding hydrogens is 283 g/mol. The van der Waals surface area contributed by atoms with E-state index in [1.807, 2.05) is 30.3 Å². The third-order valence-electron chi connectivity index (χ3n) is 2.81. The molecule has 100 valence electrons. The monoisotopic (exact) mass is 296 g/mol. The van der Waals surface area contributed by atoms with E-state index in [2.05, 4.69) is 4.52 Å². The Kier molecular flexibility index (Phi) is 4.43. The van der Waals surface area contributed by atoms with E-state index in [9.17, 15) is 9.46 Å². The largest absolute Gasteiger partial charge is 0.332 e. The quantitative estimate of drug-likeness (QED) is 0.854. The van der Waals surface area contributed by atoms with Crippen molar-refractivity contribution in [1.82, 2.24) is 0 Å². The van der Waals surface area contributed by atoms with Crippen molar-refractivity contribution in [2.24, 2.45) is 0 Å². The van der Waals surface area contributed by atoms with Crippen LogP contribution in [-0.4, -0.2) is 12.0 Å². The molecule has 2 aromatic rings. The summed E-state index contributed by atoms with van der Waals surface area (Å²) in [6.45, 7) is 0. The number of rotatable bonds is 4. The van der Waals surface area contributed by atoms with Crippen molar-refractivity contribution in [2.75, 3.05) is 7.11 Å². The molecule has 0 fully saturated rings. The molecule has 1 unspecified atom stereocenters. The van der Waals surface area contributed by atoms with E-state index in [1.165, 1.54) is 7.11 Å². The van der Waals surface area contributed by atoms with Gasteiger partial charge >= 0.3 is 7.60 Å². The number of hydrogen-bond acceptors (Lipinski definition) is 2. The molecule has 19 heavy (non-hydrogen) atoms. The molecule has 3 nitrogen and oxygen atoms in total. The first-order valence-corrected chi connectivity index (χ1v) is 7.87. The van der Waals surface area contributed by atoms with Crippen molar-refractivity contribution in [3.8, 4) is 11.1 Å². The second-order valence-corrected chi connectivity index (χ2v) is 6.54. The predicted molar refractivity (Wildman–Crippen MR) is 77.4 cm³/mol. The maximum Gasteiger partial charge on any atom is 0.332 e. The van der Waals surface area contributed by atoms with Crippen LogP contribution in [0, 0.1) is 0 Å². The first-order valence-electron chi connectivity index (χ1n) is 5.73. The molecule has 0 radical (unpaired) electrons. The van der Waals surface area contributed by atoms with E-state index in [4.69, 9.17) is 11.6 Å². The van der Waals surface area contributed by atoms with Gasteiger partial charge in [0.25, 0.3) is 0 Å². The minimum absolute atomic E-state index is 0.0368. The summed E-state index contributed by atoms with van der Waals surface area (Å²) in [5.41, 5.74) is 2.54. The van der Waals surface area contributed by atoms with Crippen LogP contribution >= 0.6 is 19.2 Å². The fourth-order valence-corrected chi connectivity index (χ4v) is 2.86. The van der Waals surface area contributed by atoms with Gasteiger partial charge in [-0.05, 0) is 28.8 Å². The minimum Gasteiger partial charge on any atom is -0.324 e. The van der Waals surface area contributed by atoms with E-state index in [0.717, 1.165) is 16.7 Å². The van der Waals surface area contributed by atoms with Gasteiger partial charge in [-0.25, -0.2) is 0 Å². The van der Waals surface area contributed by atoms with E-state index < -0.39 is 7.60 Å². The summed E-state index contributed by atoms with van der Waals surface area (Å²) in [6, 6.07) is 14.9. The Morgan fingerprint density at radius 1 is 1.21 bits per heavy atom. The van der Waals surface area contributed by atoms with Crippen LogP contribution in [0.2, 0.25) is 5.02 Å². The Bertz CT molecular complexity index is 613. The van der Waals surface area contributed by atoms with Gasteiger partial charge in [-0.2, -0.15) is 0 Å². The summed E-state index contributed by atoms with van der Waals surface area (Å²) in [5.74, 6) is 0. The molecule has 0 heterocycles. The first-order chi connectivity index (χ1) is 9.02. The lowest BCUT2D eigenvalue weighted by Crippen LogP contribution is -1.93. The molecule has 0 bridgehead atoms. The molecule has 0 amide bonds. The van der Waals surface area contributed by atoms with E-state index in [0.29, 0.717) is 5.02 Å². The molecule has 0 saturated heterocycles. The van der Waals surface area contributed by atoms with Crippen LogP contribution < -0.4 is 0 Å². The van der Waals surface area contributed by atoms with Crippen molar-refractivity contribution in [2.45, 2.75) is 6.16 Å². The van der Waals surface area contributed by atoms with Gasteiger partial charge in [-0.1, -0.05) is 48.0 Å². The van der Waals surface area contributed by atoms with Gasteiger partial charge in [0.05, 0.1) is 6.16 Å². The Hall–Kier alpha value is -1.12. The summed E-state index contributed by atoms with van der Waals surface area (Å²) in [5, 5.41) is 0.591. The normalized spacial score (nSPS) is 14.1. The zero-order valence-electron chi connectivity index (χ0n) is 10.4. The van der Waals surface area contributed by atoms with Gasteiger partial charge in [0.2, 0.25) is 0 Å². The fourth-order valence-electron chi connectivity index (χ4n) is 1.85. The molecule has 1 atom stereocenters. The van der Waals surface area contributed by atoms with Crippen LogP contribution in [0.1, 0.15) is 5.56 Å². The highest BCUT2D eigenvalue weighted by molar-refractivity contribution is 7.51. The standard InChI is InChI=1S/C14H14ClO3P/c1-18-19(16,17)10-12-7-8-13(15)9-14(12)11-5-3-2-4-6-11/h2-9H,10H2,1H3,(H,16,17). The summed E-state index contributed by atoms with van der Waals surface area (Å²) >= 11 is 6.01. The van der Waals surface area contributed by atoms with Crippen molar-refractivity contribution in [1.29, 1.82) is 0 Å². The third-order valence-corrected chi connectivity index (χ3v) is 4.36. The van der Waals surface area contributed by atoms with Gasteiger partial charge < -0.3 is 9.42 Å². The van der Waals surface area contributed by atoms with Crippen LogP contribution in [0.3, 0.4) is 0 Å². The SMILES string of the molecule is COP(=O)(O)Cc1ccc(Cl)cc1-c1ccccc1. The molecular formula is C14H14ClO3P. The average Bonchev–Trinajstić information content (AvgIpc) is 2.42. The highest BCUT2D eigenvalue weighted by Crippen LogP contribution is 2.46. The smallest absolute Gasteiger partial charge is 0.324 e. The van der Waals surface area contributed by atoms with Gasteiger partial charge in [0.1, 0.15) is 0 Å². The maximum atomic E-state index is 11.7. The van der Waals surface area contributed by atoms with Crippen molar-refractivity contribution in [3.05, 3.63) is 59.1 Å². The highest BCUT2D eigenvalue weighted by Gasteiger charge is 2.20. The van der Waals surface area contributed by atoms with Crippen LogP contribution in [0.25, 0.3) is 11.1 Å². The van der Waals surface area contributed by atoms with Gasteiger partial charge in [-0.15, -0.1) is 0 Å². The Morgan fingerprint density at radius 3 is 2.53 bits per heavy atom. The molecule has 0 aromatic heterocycles. The van der Waals surface area contributed by atoms with Crippen LogP contribution in [-0.2, 0) is 15.3 Å². The summed E-state index contributed by atoms with van der Waals surface area (Å²) < 4.78 is 16.4. The van der Waals surface area contributed by atoms with Crippen molar-refractivity contribution >= 4 is 19.2 Å². The average molecular weight is 297 g/mol.